The molecule has 3 aliphatic rings. The molecule has 7 rings (SSSR count). The fourth-order valence-electron chi connectivity index (χ4n) is 10.1. The molecule has 12 nitrogen and oxygen atoms in total. The molecule has 4 aromatic carbocycles. The second-order valence-electron chi connectivity index (χ2n) is 16.6. The van der Waals surface area contributed by atoms with Crippen LogP contribution in [0.4, 0.5) is 5.69 Å². The molecule has 0 radical (unpaired) electrons. The number of anilines is 1. The smallest absolute Gasteiger partial charge is 0.255 e. The molecule has 6 atom stereocenters. The number of nitrogens with zero attached hydrogens (tertiary/aromatic N) is 1. The second-order valence-corrected chi connectivity index (χ2v) is 20.2. The standard InChI is InChI=1S/C48H52N3O9P/c1-28-35-32(25-26-33(52)37(35)42(54)38-36(28)43(55)40-41(51(2)3)44(56)39(47(49)59)46(58)48(40,60)45(38)57)50-34(53)24-16-5-4-6-17-27-61(29-18-10-7-11-19-29,30-20-12-8-13-21-30)31-22-14-9-15-23-31/h7-15,18-23,25-26,28,36,40-41,43,55,60H,4-6,16-17,24,27H2,1-3H3,(H5-,49,50,52,53,54,56,57,58,59)/p+1/t28-,36+,40+,41-,43-,48-/m0/s1. The molecule has 3 aliphatic carbocycles. The number of aliphatic hydroxyl groups excluding tert-OH is 3. The van der Waals surface area contributed by atoms with E-state index in [-0.39, 0.29) is 29.1 Å². The highest BCUT2D eigenvalue weighted by Gasteiger charge is 2.68. The number of ketones is 2. The van der Waals surface area contributed by atoms with Crippen molar-refractivity contribution in [2.45, 2.75) is 69.1 Å². The van der Waals surface area contributed by atoms with Crippen molar-refractivity contribution in [2.24, 2.45) is 17.6 Å². The van der Waals surface area contributed by atoms with E-state index >= 15 is 0 Å². The Labute approximate surface area is 355 Å². The van der Waals surface area contributed by atoms with Crippen molar-refractivity contribution in [3.63, 3.8) is 0 Å². The number of likely N-dealkylation sites (N-methyl/N-ethyl adjacent to an activating group) is 1. The largest absolute Gasteiger partial charge is 0.508 e. The molecule has 61 heavy (non-hydrogen) atoms. The molecular formula is C48H53N3O9P+. The number of Topliss-reactive ketones (excluding diaryl/α,β-unsaturated/α-hetero) is 2. The number of unbranched alkanes of at least 4 members (excludes halogenated alkanes) is 4. The molecule has 2 amide bonds. The zero-order valence-corrected chi connectivity index (χ0v) is 35.4. The predicted octanol–water partition coefficient (Wildman–Crippen LogP) is 4.77. The van der Waals surface area contributed by atoms with Gasteiger partial charge in [0.2, 0.25) is 11.7 Å². The fourth-order valence-corrected chi connectivity index (χ4v) is 14.5. The molecular weight excluding hydrogens is 794 g/mol. The number of carbonyl (C=O) groups is 4. The molecule has 0 heterocycles. The van der Waals surface area contributed by atoms with E-state index in [9.17, 15) is 44.7 Å². The summed E-state index contributed by atoms with van der Waals surface area (Å²) in [5.74, 6) is -10.2. The third kappa shape index (κ3) is 7.35. The number of hydrogen-bond donors (Lipinski definition) is 7. The number of aromatic hydroxyl groups is 1. The summed E-state index contributed by atoms with van der Waals surface area (Å²) >= 11 is 0. The number of nitrogens with two attached hydrogens (primary N) is 1. The van der Waals surface area contributed by atoms with Crippen LogP contribution in [-0.4, -0.2) is 91.8 Å². The van der Waals surface area contributed by atoms with Crippen molar-refractivity contribution in [1.82, 2.24) is 4.90 Å². The molecule has 0 spiro atoms. The van der Waals surface area contributed by atoms with Gasteiger partial charge in [0.05, 0.1) is 29.8 Å². The van der Waals surface area contributed by atoms with Gasteiger partial charge in [0, 0.05) is 23.6 Å². The summed E-state index contributed by atoms with van der Waals surface area (Å²) < 4.78 is 0. The Morgan fingerprint density at radius 3 is 1.84 bits per heavy atom. The summed E-state index contributed by atoms with van der Waals surface area (Å²) in [5, 5.41) is 64.8. The van der Waals surface area contributed by atoms with E-state index in [4.69, 9.17) is 5.73 Å². The number of phenols is 1. The minimum absolute atomic E-state index is 0.186. The summed E-state index contributed by atoms with van der Waals surface area (Å²) in [5.41, 5.74) is 1.24. The van der Waals surface area contributed by atoms with Crippen LogP contribution >= 0.6 is 7.26 Å². The third-order valence-corrected chi connectivity index (χ3v) is 17.4. The molecule has 0 aliphatic heterocycles. The van der Waals surface area contributed by atoms with Crippen molar-refractivity contribution in [1.29, 1.82) is 0 Å². The van der Waals surface area contributed by atoms with Gasteiger partial charge in [0.15, 0.2) is 11.4 Å². The monoisotopic (exact) mass is 846 g/mol. The number of aliphatic hydroxyl groups is 4. The molecule has 0 unspecified atom stereocenters. The summed E-state index contributed by atoms with van der Waals surface area (Å²) in [4.78, 5) is 54.9. The van der Waals surface area contributed by atoms with Crippen LogP contribution in [0.25, 0.3) is 5.76 Å². The molecule has 4 aromatic rings. The van der Waals surface area contributed by atoms with Crippen molar-refractivity contribution in [3.05, 3.63) is 131 Å². The maximum Gasteiger partial charge on any atom is 0.255 e. The highest BCUT2D eigenvalue weighted by molar-refractivity contribution is 7.95. The lowest BCUT2D eigenvalue weighted by molar-refractivity contribution is -0.169. The number of phenolic OH excluding ortho intramolecular Hbond substituents is 1. The van der Waals surface area contributed by atoms with E-state index in [0.29, 0.717) is 6.42 Å². The Bertz CT molecular complexity index is 2310. The average molecular weight is 847 g/mol. The van der Waals surface area contributed by atoms with E-state index in [2.05, 4.69) is 96.3 Å². The van der Waals surface area contributed by atoms with E-state index in [1.54, 1.807) is 6.92 Å². The van der Waals surface area contributed by atoms with Crippen LogP contribution in [-0.2, 0) is 19.2 Å². The van der Waals surface area contributed by atoms with E-state index in [1.165, 1.54) is 47.0 Å². The number of carbonyl (C=O) groups excluding carboxylic acids is 4. The normalized spacial score (nSPS) is 23.7. The summed E-state index contributed by atoms with van der Waals surface area (Å²) in [6.07, 6.45) is 3.84. The maximum atomic E-state index is 14.3. The molecule has 13 heteroatoms. The first-order valence-electron chi connectivity index (χ1n) is 20.7. The number of hydrogen-bond acceptors (Lipinski definition) is 10. The SMILES string of the molecule is C[C@H]1c2c(NC(=O)CCCCCCC[P+](c3ccccc3)(c3ccccc3)c3ccccc3)ccc(O)c2C(O)=C2C(=O)[C@]3(O)C(O)=C(C(N)=O)C(=O)[C@@H](N(C)C)[C@@H]3[C@@H](O)[C@@H]21. The number of fused-ring (bicyclic) bond motifs is 3. The fraction of sp³-hybridized carbons (Fsp3) is 0.333. The number of nitrogens with one attached hydrogen (secondary N) is 1. The Morgan fingerprint density at radius 2 is 1.31 bits per heavy atom. The number of rotatable bonds is 14. The minimum atomic E-state index is -3.01. The van der Waals surface area contributed by atoms with Gasteiger partial charge in [-0.05, 0) is 93.4 Å². The van der Waals surface area contributed by atoms with Gasteiger partial charge in [-0.25, -0.2) is 0 Å². The van der Waals surface area contributed by atoms with Crippen LogP contribution in [0.1, 0.15) is 62.5 Å². The summed E-state index contributed by atoms with van der Waals surface area (Å²) in [7, 11) is 0.969. The first-order chi connectivity index (χ1) is 29.2. The molecule has 0 bridgehead atoms. The molecule has 318 valence electrons. The lowest BCUT2D eigenvalue weighted by Gasteiger charge is -2.53. The predicted molar refractivity (Wildman–Crippen MR) is 237 cm³/mol. The third-order valence-electron chi connectivity index (χ3n) is 12.9. The number of primary amides is 1. The average Bonchev–Trinajstić information content (AvgIpc) is 3.24. The van der Waals surface area contributed by atoms with Crippen molar-refractivity contribution in [2.75, 3.05) is 25.6 Å². The maximum absolute atomic E-state index is 14.3. The van der Waals surface area contributed by atoms with Gasteiger partial charge in [-0.3, -0.25) is 24.1 Å². The van der Waals surface area contributed by atoms with Crippen LogP contribution < -0.4 is 27.0 Å². The number of benzene rings is 4. The zero-order chi connectivity index (χ0) is 43.8. The van der Waals surface area contributed by atoms with Crippen molar-refractivity contribution < 1.29 is 44.7 Å². The van der Waals surface area contributed by atoms with Crippen LogP contribution in [0.3, 0.4) is 0 Å². The van der Waals surface area contributed by atoms with Crippen LogP contribution in [0, 0.1) is 11.8 Å². The zero-order valence-electron chi connectivity index (χ0n) is 34.5. The van der Waals surface area contributed by atoms with E-state index in [1.807, 2.05) is 0 Å². The minimum Gasteiger partial charge on any atom is -0.508 e. The van der Waals surface area contributed by atoms with E-state index in [0.717, 1.165) is 31.8 Å². The van der Waals surface area contributed by atoms with Gasteiger partial charge in [-0.1, -0.05) is 74.4 Å². The van der Waals surface area contributed by atoms with Gasteiger partial charge < -0.3 is 36.6 Å². The van der Waals surface area contributed by atoms with Crippen LogP contribution in [0.2, 0.25) is 0 Å². The molecule has 0 saturated heterocycles. The lowest BCUT2D eigenvalue weighted by atomic mass is 9.54. The highest BCUT2D eigenvalue weighted by Crippen LogP contribution is 2.58. The van der Waals surface area contributed by atoms with Gasteiger partial charge in [0.25, 0.3) is 5.91 Å². The molecule has 8 N–H and O–H groups in total. The highest BCUT2D eigenvalue weighted by atomic mass is 31.2. The Kier molecular flexibility index (Phi) is 12.4. The second kappa shape index (κ2) is 17.4. The Hall–Kier alpha value is -5.65. The Morgan fingerprint density at radius 1 is 0.787 bits per heavy atom. The summed E-state index contributed by atoms with van der Waals surface area (Å²) in [6.45, 7) is 1.64. The van der Waals surface area contributed by atoms with E-state index < -0.39 is 88.7 Å². The Balaban J connectivity index is 1.06. The summed E-state index contributed by atoms with van der Waals surface area (Å²) in [6, 6.07) is 33.6. The topological polar surface area (TPSA) is 211 Å². The van der Waals surface area contributed by atoms with Gasteiger partial charge >= 0.3 is 0 Å². The first-order valence-corrected chi connectivity index (χ1v) is 22.7. The van der Waals surface area contributed by atoms with Gasteiger partial charge in [0.1, 0.15) is 46.0 Å². The first kappa shape index (κ1) is 43.4. The lowest BCUT2D eigenvalue weighted by Crippen LogP contribution is -2.70. The van der Waals surface area contributed by atoms with Crippen LogP contribution in [0.5, 0.6) is 5.75 Å². The van der Waals surface area contributed by atoms with Crippen molar-refractivity contribution in [3.8, 4) is 5.75 Å². The molecule has 1 fully saturated rings. The van der Waals surface area contributed by atoms with Crippen molar-refractivity contribution >= 4 is 58.0 Å². The van der Waals surface area contributed by atoms with Gasteiger partial charge in [-0.2, -0.15) is 0 Å². The molecule has 1 saturated carbocycles. The van der Waals surface area contributed by atoms with Gasteiger partial charge in [-0.15, -0.1) is 0 Å². The van der Waals surface area contributed by atoms with Crippen LogP contribution in [0.15, 0.2) is 120 Å². The number of amides is 2. The quantitative estimate of drug-likeness (QED) is 0.0400. The molecule has 0 aromatic heterocycles.